The van der Waals surface area contributed by atoms with Gasteiger partial charge < -0.3 is 9.42 Å². The van der Waals surface area contributed by atoms with Crippen LogP contribution in [0.25, 0.3) is 0 Å². The Bertz CT molecular complexity index is 285. The van der Waals surface area contributed by atoms with E-state index >= 15 is 0 Å². The van der Waals surface area contributed by atoms with Crippen molar-refractivity contribution >= 4 is 8.60 Å². The summed E-state index contributed by atoms with van der Waals surface area (Å²) in [5, 5.41) is 0. The number of rotatable bonds is 7. The summed E-state index contributed by atoms with van der Waals surface area (Å²) in [6, 6.07) is 9.75. The number of nitrogens with one attached hydrogen (secondary N) is 1. The molecule has 2 N–H and O–H groups in total. The first-order chi connectivity index (χ1) is 7.72. The predicted octanol–water partition coefficient (Wildman–Crippen LogP) is 1.94. The zero-order chi connectivity index (χ0) is 11.8. The Morgan fingerprint density at radius 3 is 2.69 bits per heavy atom. The second-order valence-electron chi connectivity index (χ2n) is 3.06. The summed E-state index contributed by atoms with van der Waals surface area (Å²) in [5.74, 6) is 0. The van der Waals surface area contributed by atoms with Gasteiger partial charge in [0, 0.05) is 7.11 Å². The van der Waals surface area contributed by atoms with Gasteiger partial charge in [-0.05, 0) is 12.5 Å². The number of hydrogen-bond donors (Lipinski definition) is 2. The van der Waals surface area contributed by atoms with Crippen molar-refractivity contribution in [3.8, 4) is 0 Å². The molecule has 0 fully saturated rings. The van der Waals surface area contributed by atoms with E-state index in [1.807, 2.05) is 30.3 Å². The maximum atomic E-state index is 9.07. The molecule has 2 atom stereocenters. The van der Waals surface area contributed by atoms with E-state index in [0.717, 1.165) is 5.56 Å². The second-order valence-corrected chi connectivity index (χ2v) is 4.11. The van der Waals surface area contributed by atoms with Crippen molar-refractivity contribution < 1.29 is 18.8 Å². The largest absolute Gasteiger partial charge is 0.331 e. The van der Waals surface area contributed by atoms with E-state index in [-0.39, 0.29) is 0 Å². The average molecular weight is 245 g/mol. The van der Waals surface area contributed by atoms with E-state index in [0.29, 0.717) is 6.61 Å². The number of benzene rings is 1. The van der Waals surface area contributed by atoms with Crippen molar-refractivity contribution in [2.45, 2.75) is 19.8 Å². The molecule has 6 heteroatoms. The fraction of sp³-hybridized carbons (Fsp3) is 0.400. The summed E-state index contributed by atoms with van der Waals surface area (Å²) < 4.78 is 9.59. The summed E-state index contributed by atoms with van der Waals surface area (Å²) in [4.78, 5) is 14.3. The van der Waals surface area contributed by atoms with Gasteiger partial charge in [-0.15, -0.1) is 0 Å². The van der Waals surface area contributed by atoms with Gasteiger partial charge in [-0.25, -0.2) is 0 Å². The molecule has 2 unspecified atom stereocenters. The molecule has 0 aliphatic rings. The maximum absolute atomic E-state index is 9.07. The van der Waals surface area contributed by atoms with E-state index in [1.165, 1.54) is 7.11 Å². The molecule has 0 saturated carbocycles. The van der Waals surface area contributed by atoms with Crippen LogP contribution in [0.3, 0.4) is 0 Å². The Hall–Kier alpha value is -0.550. The van der Waals surface area contributed by atoms with Crippen LogP contribution in [0.1, 0.15) is 12.5 Å². The normalized spacial score (nSPS) is 14.7. The topological polar surface area (TPSA) is 60.0 Å². The molecule has 1 aromatic carbocycles. The fourth-order valence-corrected chi connectivity index (χ4v) is 1.42. The molecule has 16 heavy (non-hydrogen) atoms. The van der Waals surface area contributed by atoms with Gasteiger partial charge in [0.1, 0.15) is 6.23 Å². The van der Waals surface area contributed by atoms with E-state index < -0.39 is 14.8 Å². The van der Waals surface area contributed by atoms with Crippen LogP contribution in [0.5, 0.6) is 0 Å². The summed E-state index contributed by atoms with van der Waals surface area (Å²) in [7, 11) is -0.453. The number of hydroxylamine groups is 1. The Labute approximate surface area is 96.3 Å². The van der Waals surface area contributed by atoms with Crippen LogP contribution in [0.15, 0.2) is 30.3 Å². The molecule has 0 saturated heterocycles. The van der Waals surface area contributed by atoms with Crippen LogP contribution < -0.4 is 5.48 Å². The zero-order valence-corrected chi connectivity index (χ0v) is 10.2. The highest BCUT2D eigenvalue weighted by Gasteiger charge is 2.09. The van der Waals surface area contributed by atoms with Crippen LogP contribution in [-0.2, 0) is 20.5 Å². The lowest BCUT2D eigenvalue weighted by molar-refractivity contribution is -0.0510. The van der Waals surface area contributed by atoms with E-state index in [1.54, 1.807) is 6.92 Å². The molecule has 90 valence electrons. The highest BCUT2D eigenvalue weighted by atomic mass is 31.2. The Morgan fingerprint density at radius 2 is 2.06 bits per heavy atom. The predicted molar refractivity (Wildman–Crippen MR) is 61.1 cm³/mol. The van der Waals surface area contributed by atoms with Crippen LogP contribution in [0, 0.1) is 0 Å². The van der Waals surface area contributed by atoms with Crippen molar-refractivity contribution in [1.82, 2.24) is 5.48 Å². The summed E-state index contributed by atoms with van der Waals surface area (Å²) in [6.45, 7) is 2.15. The molecule has 0 spiro atoms. The van der Waals surface area contributed by atoms with Gasteiger partial charge in [0.15, 0.2) is 0 Å². The third kappa shape index (κ3) is 5.51. The van der Waals surface area contributed by atoms with Crippen molar-refractivity contribution in [3.63, 3.8) is 0 Å². The Kier molecular flexibility index (Phi) is 6.49. The molecular formula is C10H16NO4P. The van der Waals surface area contributed by atoms with Crippen LogP contribution >= 0.6 is 8.60 Å². The van der Waals surface area contributed by atoms with Gasteiger partial charge in [0.2, 0.25) is 0 Å². The van der Waals surface area contributed by atoms with Crippen molar-refractivity contribution in [3.05, 3.63) is 35.9 Å². The molecule has 0 aliphatic heterocycles. The lowest BCUT2D eigenvalue weighted by atomic mass is 10.2. The molecule has 0 heterocycles. The minimum absolute atomic E-state index is 0.431. The molecule has 5 nitrogen and oxygen atoms in total. The fourth-order valence-electron chi connectivity index (χ4n) is 1.02. The molecule has 0 aliphatic carbocycles. The van der Waals surface area contributed by atoms with E-state index in [4.69, 9.17) is 14.3 Å². The van der Waals surface area contributed by atoms with E-state index in [2.05, 4.69) is 10.0 Å². The quantitative estimate of drug-likeness (QED) is 0.436. The first-order valence-electron chi connectivity index (χ1n) is 4.83. The highest BCUT2D eigenvalue weighted by molar-refractivity contribution is 7.40. The van der Waals surface area contributed by atoms with Crippen LogP contribution in [-0.4, -0.2) is 18.2 Å². The molecular weight excluding hydrogens is 229 g/mol. The molecule has 0 radical (unpaired) electrons. The summed E-state index contributed by atoms with van der Waals surface area (Å²) >= 11 is 0. The molecule has 0 amide bonds. The Morgan fingerprint density at radius 1 is 1.38 bits per heavy atom. The number of hydrogen-bond acceptors (Lipinski definition) is 5. The maximum Gasteiger partial charge on any atom is 0.331 e. The molecule has 0 aromatic heterocycles. The van der Waals surface area contributed by atoms with Gasteiger partial charge in [-0.2, -0.15) is 5.48 Å². The SMILES string of the molecule is COP(O)OC(C)NOCc1ccccc1. The smallest absolute Gasteiger partial charge is 0.328 e. The van der Waals surface area contributed by atoms with Gasteiger partial charge in [-0.3, -0.25) is 9.36 Å². The van der Waals surface area contributed by atoms with Crippen LogP contribution in [0.2, 0.25) is 0 Å². The van der Waals surface area contributed by atoms with Gasteiger partial charge in [-0.1, -0.05) is 30.3 Å². The monoisotopic (exact) mass is 245 g/mol. The van der Waals surface area contributed by atoms with Crippen molar-refractivity contribution in [1.29, 1.82) is 0 Å². The average Bonchev–Trinajstić information content (AvgIpc) is 2.30. The lowest BCUT2D eigenvalue weighted by Gasteiger charge is -2.16. The first-order valence-corrected chi connectivity index (χ1v) is 5.96. The molecule has 0 bridgehead atoms. The lowest BCUT2D eigenvalue weighted by Crippen LogP contribution is -2.27. The van der Waals surface area contributed by atoms with Crippen LogP contribution in [0.4, 0.5) is 0 Å². The minimum atomic E-state index is -1.83. The molecule has 1 aromatic rings. The second kappa shape index (κ2) is 7.68. The third-order valence-corrected chi connectivity index (χ3v) is 2.54. The van der Waals surface area contributed by atoms with Gasteiger partial charge in [0.05, 0.1) is 6.61 Å². The van der Waals surface area contributed by atoms with Gasteiger partial charge >= 0.3 is 8.60 Å². The Balaban J connectivity index is 2.15. The zero-order valence-electron chi connectivity index (χ0n) is 9.29. The minimum Gasteiger partial charge on any atom is -0.328 e. The van der Waals surface area contributed by atoms with E-state index in [9.17, 15) is 0 Å². The third-order valence-electron chi connectivity index (χ3n) is 1.74. The van der Waals surface area contributed by atoms with Crippen molar-refractivity contribution in [2.75, 3.05) is 7.11 Å². The summed E-state index contributed by atoms with van der Waals surface area (Å²) in [5.41, 5.74) is 3.71. The summed E-state index contributed by atoms with van der Waals surface area (Å²) in [6.07, 6.45) is -0.431. The van der Waals surface area contributed by atoms with Crippen molar-refractivity contribution in [2.24, 2.45) is 0 Å². The van der Waals surface area contributed by atoms with Gasteiger partial charge in [0.25, 0.3) is 0 Å². The highest BCUT2D eigenvalue weighted by Crippen LogP contribution is 2.32. The standard InChI is InChI=1S/C10H16NO4P/c1-9(15-16(12)13-2)11-14-8-10-6-4-3-5-7-10/h3-7,9,11-12H,8H2,1-2H3. The first kappa shape index (κ1) is 13.5. The molecule has 1 rings (SSSR count).